The van der Waals surface area contributed by atoms with Crippen LogP contribution in [0.1, 0.15) is 17.5 Å². The van der Waals surface area contributed by atoms with Crippen LogP contribution in [0.5, 0.6) is 0 Å². The van der Waals surface area contributed by atoms with Crippen LogP contribution in [0, 0.1) is 0 Å². The second kappa shape index (κ2) is 9.98. The molecule has 48 heavy (non-hydrogen) atoms. The highest BCUT2D eigenvalue weighted by molar-refractivity contribution is 9.10. The maximum absolute atomic E-state index is 14.6. The van der Waals surface area contributed by atoms with E-state index in [-0.39, 0.29) is 36.5 Å². The summed E-state index contributed by atoms with van der Waals surface area (Å²) in [7, 11) is 11.2. The summed E-state index contributed by atoms with van der Waals surface area (Å²) in [4.78, 5) is 57.5. The fourth-order valence-corrected chi connectivity index (χ4v) is 18.0. The normalized spacial score (nSPS) is 36.6. The molecule has 4 amide bonds. The number of nitrogens with zero attached hydrogens (tertiary/aromatic N) is 5. The van der Waals surface area contributed by atoms with E-state index >= 15 is 0 Å². The van der Waals surface area contributed by atoms with E-state index in [1.165, 1.54) is 67.7 Å². The zero-order valence-electron chi connectivity index (χ0n) is 25.9. The molecule has 0 aliphatic carbocycles. The lowest BCUT2D eigenvalue weighted by atomic mass is 9.86. The monoisotopic (exact) mass is 742 g/mol. The van der Waals surface area contributed by atoms with Gasteiger partial charge in [0.05, 0.1) is 13.2 Å². The number of nitrogens with one attached hydrogen (secondary N) is 1. The number of anilines is 1. The van der Waals surface area contributed by atoms with Crippen molar-refractivity contribution >= 4 is 93.2 Å². The molecule has 0 saturated carbocycles. The van der Waals surface area contributed by atoms with E-state index in [2.05, 4.69) is 9.88 Å². The van der Waals surface area contributed by atoms with E-state index in [9.17, 15) is 29.4 Å². The Morgan fingerprint density at radius 3 is 2.17 bits per heavy atom. The third kappa shape index (κ3) is 3.30. The van der Waals surface area contributed by atoms with Crippen LogP contribution in [-0.2, 0) is 31.1 Å². The average molecular weight is 743 g/mol. The molecule has 12 nitrogen and oxygen atoms in total. The summed E-state index contributed by atoms with van der Waals surface area (Å²) < 4.78 is 2.16. The fraction of sp³-hybridized carbons (Fsp3) is 0.419. The van der Waals surface area contributed by atoms with Gasteiger partial charge in [-0.3, -0.25) is 24.1 Å². The molecule has 1 spiro atoms. The second-order valence-electron chi connectivity index (χ2n) is 13.0. The van der Waals surface area contributed by atoms with Crippen LogP contribution in [0.25, 0.3) is 10.9 Å². The zero-order chi connectivity index (χ0) is 33.6. The van der Waals surface area contributed by atoms with Gasteiger partial charge in [-0.25, -0.2) is 0 Å². The minimum Gasteiger partial charge on any atom is -0.392 e. The molecule has 1 unspecified atom stereocenters. The van der Waals surface area contributed by atoms with Gasteiger partial charge in [-0.1, -0.05) is 47.2 Å². The number of hydrogen-bond acceptors (Lipinski definition) is 12. The maximum Gasteiger partial charge on any atom is 0.265 e. The van der Waals surface area contributed by atoms with Crippen molar-refractivity contribution in [1.29, 1.82) is 0 Å². The number of aromatic nitrogens is 1. The Morgan fingerprint density at radius 2 is 1.40 bits per heavy atom. The molecular weight excluding hydrogens is 713 g/mol. The number of aliphatic hydroxyl groups is 2. The van der Waals surface area contributed by atoms with Crippen LogP contribution in [0.15, 0.2) is 54.7 Å². The van der Waals surface area contributed by atoms with Gasteiger partial charge in [-0.2, -0.15) is 0 Å². The Hall–Kier alpha value is -2.67. The fourth-order valence-electron chi connectivity index (χ4n) is 8.48. The van der Waals surface area contributed by atoms with Crippen molar-refractivity contribution in [2.75, 3.05) is 39.7 Å². The quantitative estimate of drug-likeness (QED) is 0.332. The second-order valence-corrected chi connectivity index (χ2v) is 20.2. The highest BCUT2D eigenvalue weighted by atomic mass is 33.5. The van der Waals surface area contributed by atoms with Crippen molar-refractivity contribution < 1.29 is 29.4 Å². The van der Waals surface area contributed by atoms with Crippen LogP contribution in [0.4, 0.5) is 5.69 Å². The van der Waals surface area contributed by atoms with Crippen molar-refractivity contribution in [1.82, 2.24) is 24.2 Å². The van der Waals surface area contributed by atoms with Gasteiger partial charge in [-0.05, 0) is 59.9 Å². The lowest BCUT2D eigenvalue weighted by Crippen LogP contribution is -2.77. The summed E-state index contributed by atoms with van der Waals surface area (Å²) in [5.74, 6) is -1.14. The molecule has 4 bridgehead atoms. The molecule has 17 heteroatoms. The molecule has 7 fully saturated rings. The van der Waals surface area contributed by atoms with Gasteiger partial charge in [0.2, 0.25) is 9.74 Å². The van der Waals surface area contributed by atoms with Crippen molar-refractivity contribution in [2.45, 2.75) is 44.0 Å². The largest absolute Gasteiger partial charge is 0.392 e. The molecule has 2 aromatic carbocycles. The SMILES string of the molecule is CN1C(=O)[C@]2(Cc3cn([C@]45C[C@@]67SSS[C@@](CO)(C(=O)N6C4Nc4ccccc45)N(C)C7=O)c4ccccc34)SS[C@@]1(CO)C(=O)N2C. The molecule has 9 heterocycles. The number of carbonyl (C=O) groups excluding carboxylic acids is 4. The minimum atomic E-state index is -1.46. The predicted octanol–water partition coefficient (Wildman–Crippen LogP) is 2.52. The van der Waals surface area contributed by atoms with Crippen LogP contribution in [-0.4, -0.2) is 118 Å². The Morgan fingerprint density at radius 1 is 0.771 bits per heavy atom. The number of para-hydroxylation sites is 2. The Labute approximate surface area is 294 Å². The summed E-state index contributed by atoms with van der Waals surface area (Å²) in [6.45, 7) is -1.01. The number of likely N-dealkylation sites (N-methyl/N-ethyl adjacent to an activating group) is 3. The van der Waals surface area contributed by atoms with Gasteiger partial charge >= 0.3 is 0 Å². The third-order valence-corrected chi connectivity index (χ3v) is 19.9. The Bertz CT molecular complexity index is 2000. The first-order chi connectivity index (χ1) is 23.0. The number of aliphatic hydroxyl groups excluding tert-OH is 2. The number of fused-ring (bicyclic) bond motifs is 10. The predicted molar refractivity (Wildman–Crippen MR) is 189 cm³/mol. The number of benzene rings is 2. The summed E-state index contributed by atoms with van der Waals surface area (Å²) in [6.07, 6.45) is 1.82. The van der Waals surface area contributed by atoms with Crippen molar-refractivity contribution in [2.24, 2.45) is 0 Å². The first kappa shape index (κ1) is 31.3. The van der Waals surface area contributed by atoms with Crippen LogP contribution < -0.4 is 5.32 Å². The lowest BCUT2D eigenvalue weighted by molar-refractivity contribution is -0.165. The van der Waals surface area contributed by atoms with E-state index < -0.39 is 44.4 Å². The summed E-state index contributed by atoms with van der Waals surface area (Å²) in [6, 6.07) is 15.8. The van der Waals surface area contributed by atoms with E-state index in [1.807, 2.05) is 54.7 Å². The van der Waals surface area contributed by atoms with Crippen LogP contribution >= 0.6 is 53.0 Å². The van der Waals surface area contributed by atoms with E-state index in [1.54, 1.807) is 26.0 Å². The molecular formula is C31H30N6O6S5. The van der Waals surface area contributed by atoms with Crippen molar-refractivity contribution in [3.63, 3.8) is 0 Å². The summed E-state index contributed by atoms with van der Waals surface area (Å²) in [5, 5.41) is 25.4. The molecule has 1 aromatic heterocycles. The van der Waals surface area contributed by atoms with Gasteiger partial charge < -0.3 is 34.8 Å². The number of hydrogen-bond donors (Lipinski definition) is 3. The zero-order valence-corrected chi connectivity index (χ0v) is 30.0. The lowest BCUT2D eigenvalue weighted by Gasteiger charge is -2.58. The molecule has 6 atom stereocenters. The van der Waals surface area contributed by atoms with Crippen LogP contribution in [0.2, 0.25) is 0 Å². The topological polar surface area (TPSA) is 139 Å². The summed E-state index contributed by atoms with van der Waals surface area (Å²) >= 11 is 0. The number of rotatable bonds is 5. The molecule has 3 N–H and O–H groups in total. The average Bonchev–Trinajstić information content (AvgIpc) is 3.67. The standard InChI is InChI=1S/C31H30N6O6S5/c1-33-25(42)30(15-38)34(2)23(40)28(33,44-45-30)12-17-13-36(21-11-7-4-8-18(17)21)27-14-29-24(41)35(3)31(16-39,47-48-46-29)26(43)37(29)22(27)32-20-10-6-5-9-19(20)27/h4-11,13,22,32,38-39H,12,14-16H2,1-3H3/t22?,27-,28-,29-,30-,31-/m0/s1. The number of piperazine rings is 2. The summed E-state index contributed by atoms with van der Waals surface area (Å²) in [5.41, 5.74) is 2.52. The maximum atomic E-state index is 14.6. The highest BCUT2D eigenvalue weighted by Gasteiger charge is 2.77. The van der Waals surface area contributed by atoms with Gasteiger partial charge in [-0.15, -0.1) is 0 Å². The number of amides is 4. The van der Waals surface area contributed by atoms with Gasteiger partial charge in [0, 0.05) is 62.3 Å². The van der Waals surface area contributed by atoms with Gasteiger partial charge in [0.15, 0.2) is 9.74 Å². The highest BCUT2D eigenvalue weighted by Crippen LogP contribution is 2.69. The van der Waals surface area contributed by atoms with Gasteiger partial charge in [0.1, 0.15) is 11.7 Å². The smallest absolute Gasteiger partial charge is 0.265 e. The van der Waals surface area contributed by atoms with Crippen molar-refractivity contribution in [3.05, 3.63) is 65.9 Å². The minimum absolute atomic E-state index is 0.200. The van der Waals surface area contributed by atoms with Crippen molar-refractivity contribution in [3.8, 4) is 0 Å². The molecule has 8 aliphatic heterocycles. The molecule has 0 radical (unpaired) electrons. The Kier molecular flexibility index (Phi) is 6.51. The number of carbonyl (C=O) groups is 4. The van der Waals surface area contributed by atoms with E-state index in [0.717, 1.165) is 27.7 Å². The van der Waals surface area contributed by atoms with Crippen LogP contribution in [0.3, 0.4) is 0 Å². The van der Waals surface area contributed by atoms with E-state index in [0.29, 0.717) is 0 Å². The molecule has 250 valence electrons. The molecule has 3 aromatic rings. The first-order valence-electron chi connectivity index (χ1n) is 15.3. The molecule has 8 aliphatic rings. The van der Waals surface area contributed by atoms with E-state index in [4.69, 9.17) is 0 Å². The third-order valence-electron chi connectivity index (χ3n) is 11.1. The molecule has 7 saturated heterocycles. The Balaban J connectivity index is 1.25. The first-order valence-corrected chi connectivity index (χ1v) is 20.9. The van der Waals surface area contributed by atoms with Gasteiger partial charge in [0.25, 0.3) is 23.6 Å². The molecule has 11 rings (SSSR count).